The van der Waals surface area contributed by atoms with Crippen LogP contribution in [0.2, 0.25) is 0 Å². The van der Waals surface area contributed by atoms with Gasteiger partial charge in [-0.2, -0.15) is 0 Å². The normalized spacial score (nSPS) is 18.3. The molecule has 8 nitrogen and oxygen atoms in total. The predicted molar refractivity (Wildman–Crippen MR) is 161 cm³/mol. The molecule has 0 bridgehead atoms. The van der Waals surface area contributed by atoms with Gasteiger partial charge in [0.1, 0.15) is 5.60 Å². The second kappa shape index (κ2) is 14.4. The van der Waals surface area contributed by atoms with Gasteiger partial charge in [-0.15, -0.1) is 0 Å². The summed E-state index contributed by atoms with van der Waals surface area (Å²) in [7, 11) is 0. The molecule has 0 aromatic heterocycles. The van der Waals surface area contributed by atoms with E-state index in [1.54, 1.807) is 19.1 Å². The van der Waals surface area contributed by atoms with Crippen LogP contribution in [0.15, 0.2) is 54.6 Å². The minimum Gasteiger partial charge on any atom is -0.361 e. The molecule has 3 amide bonds. The second-order valence-corrected chi connectivity index (χ2v) is 12.3. The Hall–Kier alpha value is -3.52. The lowest BCUT2D eigenvalue weighted by Crippen LogP contribution is -2.50. The van der Waals surface area contributed by atoms with Crippen molar-refractivity contribution in [3.8, 4) is 0 Å². The summed E-state index contributed by atoms with van der Waals surface area (Å²) in [5.74, 6) is -1.12. The van der Waals surface area contributed by atoms with E-state index in [1.165, 1.54) is 0 Å². The third-order valence-corrected chi connectivity index (χ3v) is 7.29. The summed E-state index contributed by atoms with van der Waals surface area (Å²) in [5, 5.41) is 8.58. The number of anilines is 1. The van der Waals surface area contributed by atoms with Crippen molar-refractivity contribution < 1.29 is 23.9 Å². The molecular weight excluding hydrogens is 518 g/mol. The molecule has 8 heteroatoms. The molecule has 1 heterocycles. The molecule has 0 aliphatic carbocycles. The molecule has 0 saturated carbocycles. The number of amides is 3. The van der Waals surface area contributed by atoms with Crippen LogP contribution in [0.4, 0.5) is 10.5 Å². The second-order valence-electron chi connectivity index (χ2n) is 12.3. The molecule has 0 spiro atoms. The van der Waals surface area contributed by atoms with Crippen LogP contribution in [0.25, 0.3) is 0 Å². The van der Waals surface area contributed by atoms with Crippen molar-refractivity contribution in [1.82, 2.24) is 10.6 Å². The number of benzene rings is 2. The number of hydrogen-bond acceptors (Lipinski definition) is 5. The van der Waals surface area contributed by atoms with Crippen LogP contribution in [-0.4, -0.2) is 47.8 Å². The maximum atomic E-state index is 13.7. The van der Waals surface area contributed by atoms with Crippen molar-refractivity contribution in [2.45, 2.75) is 84.9 Å². The number of nitrogens with one attached hydrogen (secondary N) is 3. The number of epoxide rings is 1. The van der Waals surface area contributed by atoms with Crippen LogP contribution in [0.5, 0.6) is 0 Å². The van der Waals surface area contributed by atoms with Gasteiger partial charge < -0.3 is 20.7 Å². The summed E-state index contributed by atoms with van der Waals surface area (Å²) < 4.78 is 5.38. The highest BCUT2D eigenvalue weighted by molar-refractivity contribution is 5.98. The molecule has 4 atom stereocenters. The Bertz CT molecular complexity index is 1190. The van der Waals surface area contributed by atoms with E-state index in [-0.39, 0.29) is 35.7 Å². The Kier molecular flexibility index (Phi) is 11.2. The molecule has 1 saturated heterocycles. The summed E-state index contributed by atoms with van der Waals surface area (Å²) in [6, 6.07) is 15.0. The zero-order valence-corrected chi connectivity index (χ0v) is 25.2. The van der Waals surface area contributed by atoms with Crippen LogP contribution in [0, 0.1) is 24.7 Å². The number of Topliss-reactive ketones (excluding diaryl/α,β-unsaturated/α-hetero) is 2. The number of ether oxygens (including phenoxy) is 1. The highest BCUT2D eigenvalue weighted by atomic mass is 16.6. The molecule has 1 fully saturated rings. The van der Waals surface area contributed by atoms with Gasteiger partial charge in [0.15, 0.2) is 11.6 Å². The Morgan fingerprint density at radius 3 is 2.00 bits per heavy atom. The molecular formula is C33H45N3O5. The van der Waals surface area contributed by atoms with E-state index in [2.05, 4.69) is 16.0 Å². The van der Waals surface area contributed by atoms with E-state index in [9.17, 15) is 19.2 Å². The standard InChI is InChI=1S/C33H45N3O5/c1-21(2)16-27(36-32(40)34-26-14-12-23(5)13-15-26)29(37)19-25(18-24-10-8-7-9-11-24)31(39)35-28(17-22(3)4)30(38)33(6)20-41-33/h7-15,21-22,25,27-28H,16-20H2,1-6H3,(H,35,39)(H2,34,36,40)/t25-,27+,28+,33-/m1/s1. The minimum absolute atomic E-state index is 0.0702. The zero-order chi connectivity index (χ0) is 30.2. The molecule has 2 aromatic carbocycles. The molecule has 1 aliphatic heterocycles. The maximum Gasteiger partial charge on any atom is 0.319 e. The Morgan fingerprint density at radius 2 is 1.44 bits per heavy atom. The summed E-state index contributed by atoms with van der Waals surface area (Å²) in [6.45, 7) is 12.0. The molecule has 0 unspecified atom stereocenters. The number of urea groups is 1. The summed E-state index contributed by atoms with van der Waals surface area (Å²) in [4.78, 5) is 53.4. The topological polar surface area (TPSA) is 117 Å². The van der Waals surface area contributed by atoms with E-state index in [1.807, 2.05) is 77.1 Å². The Labute approximate surface area is 244 Å². The van der Waals surface area contributed by atoms with Crippen molar-refractivity contribution in [1.29, 1.82) is 0 Å². The largest absolute Gasteiger partial charge is 0.361 e. The first kappa shape index (κ1) is 32.0. The van der Waals surface area contributed by atoms with E-state index < -0.39 is 29.6 Å². The highest BCUT2D eigenvalue weighted by Crippen LogP contribution is 2.30. The average molecular weight is 564 g/mol. The van der Waals surface area contributed by atoms with Gasteiger partial charge in [0, 0.05) is 18.0 Å². The smallest absolute Gasteiger partial charge is 0.319 e. The molecule has 2 aromatic rings. The number of hydrogen-bond donors (Lipinski definition) is 3. The van der Waals surface area contributed by atoms with E-state index >= 15 is 0 Å². The fraction of sp³-hybridized carbons (Fsp3) is 0.515. The van der Waals surface area contributed by atoms with E-state index in [4.69, 9.17) is 4.74 Å². The molecule has 41 heavy (non-hydrogen) atoms. The summed E-state index contributed by atoms with van der Waals surface area (Å²) >= 11 is 0. The number of aryl methyl sites for hydroxylation is 1. The highest BCUT2D eigenvalue weighted by Gasteiger charge is 2.50. The third-order valence-electron chi connectivity index (χ3n) is 7.29. The Balaban J connectivity index is 1.77. The van der Waals surface area contributed by atoms with Crippen LogP contribution in [0.1, 0.15) is 65.0 Å². The van der Waals surface area contributed by atoms with Crippen molar-refractivity contribution in [2.24, 2.45) is 17.8 Å². The quantitative estimate of drug-likeness (QED) is 0.256. The molecule has 0 radical (unpaired) electrons. The lowest BCUT2D eigenvalue weighted by Gasteiger charge is -2.26. The zero-order valence-electron chi connectivity index (χ0n) is 25.2. The number of rotatable bonds is 15. The fourth-order valence-corrected chi connectivity index (χ4v) is 4.86. The van der Waals surface area contributed by atoms with Crippen molar-refractivity contribution >= 4 is 29.2 Å². The maximum absolute atomic E-state index is 13.7. The molecule has 222 valence electrons. The van der Waals surface area contributed by atoms with Crippen LogP contribution in [0.3, 0.4) is 0 Å². The molecule has 1 aliphatic rings. The van der Waals surface area contributed by atoms with Gasteiger partial charge >= 0.3 is 6.03 Å². The van der Waals surface area contributed by atoms with Crippen molar-refractivity contribution in [2.75, 3.05) is 11.9 Å². The van der Waals surface area contributed by atoms with Gasteiger partial charge in [-0.05, 0) is 62.6 Å². The molecule has 3 rings (SSSR count). The third kappa shape index (κ3) is 10.1. The number of carbonyl (C=O) groups is 4. The first-order chi connectivity index (χ1) is 19.4. The van der Waals surface area contributed by atoms with Gasteiger partial charge in [0.05, 0.1) is 18.7 Å². The first-order valence-corrected chi connectivity index (χ1v) is 14.6. The monoisotopic (exact) mass is 563 g/mol. The lowest BCUT2D eigenvalue weighted by atomic mass is 9.88. The van der Waals surface area contributed by atoms with Gasteiger partial charge in [-0.1, -0.05) is 75.7 Å². The Morgan fingerprint density at radius 1 is 0.854 bits per heavy atom. The molecule has 3 N–H and O–H groups in total. The first-order valence-electron chi connectivity index (χ1n) is 14.6. The summed E-state index contributed by atoms with van der Waals surface area (Å²) in [5.41, 5.74) is 1.74. The van der Waals surface area contributed by atoms with Crippen LogP contribution >= 0.6 is 0 Å². The van der Waals surface area contributed by atoms with Gasteiger partial charge in [-0.3, -0.25) is 14.4 Å². The van der Waals surface area contributed by atoms with Gasteiger partial charge in [0.2, 0.25) is 5.91 Å². The number of carbonyl (C=O) groups excluding carboxylic acids is 4. The lowest BCUT2D eigenvalue weighted by molar-refractivity contribution is -0.134. The van der Waals surface area contributed by atoms with Crippen molar-refractivity contribution in [3.63, 3.8) is 0 Å². The van der Waals surface area contributed by atoms with Gasteiger partial charge in [-0.25, -0.2) is 4.79 Å². The van der Waals surface area contributed by atoms with E-state index in [0.717, 1.165) is 11.1 Å². The van der Waals surface area contributed by atoms with Crippen LogP contribution in [-0.2, 0) is 25.5 Å². The van der Waals surface area contributed by atoms with Crippen molar-refractivity contribution in [3.05, 3.63) is 65.7 Å². The van der Waals surface area contributed by atoms with Crippen LogP contribution < -0.4 is 16.0 Å². The van der Waals surface area contributed by atoms with E-state index in [0.29, 0.717) is 31.6 Å². The SMILES string of the molecule is Cc1ccc(NC(=O)N[C@@H](CC(C)C)C(=O)C[C@@H](Cc2ccccc2)C(=O)N[C@@H](CC(C)C)C(=O)[C@@]2(C)CO2)cc1. The number of ketones is 2. The minimum atomic E-state index is -0.866. The summed E-state index contributed by atoms with van der Waals surface area (Å²) in [6.07, 6.45) is 1.17. The van der Waals surface area contributed by atoms with Gasteiger partial charge in [0.25, 0.3) is 0 Å². The predicted octanol–water partition coefficient (Wildman–Crippen LogP) is 5.24. The average Bonchev–Trinajstić information content (AvgIpc) is 3.66. The fourth-order valence-electron chi connectivity index (χ4n) is 4.86.